The highest BCUT2D eigenvalue weighted by Crippen LogP contribution is 2.64. The van der Waals surface area contributed by atoms with Crippen LogP contribution in [0.25, 0.3) is 0 Å². The Morgan fingerprint density at radius 2 is 1.08 bits per heavy atom. The Morgan fingerprint density at radius 1 is 0.528 bits per heavy atom. The van der Waals surface area contributed by atoms with Gasteiger partial charge < -0.3 is 28.7 Å². The molecular weight excluding hydrogens is 661 g/mol. The topological polar surface area (TPSA) is 60.5 Å². The van der Waals surface area contributed by atoms with E-state index >= 15 is 0 Å². The summed E-state index contributed by atoms with van der Waals surface area (Å²) in [4.78, 5) is 19.1. The molecule has 0 fully saturated rings. The van der Waals surface area contributed by atoms with Crippen LogP contribution in [-0.4, -0.2) is 32.1 Å². The normalized spacial score (nSPS) is 24.5. The molecule has 8 heterocycles. The maximum Gasteiger partial charge on any atom is 0.340 e. The summed E-state index contributed by atoms with van der Waals surface area (Å²) in [7, 11) is 0. The molecule has 7 nitrogen and oxygen atoms in total. The van der Waals surface area contributed by atoms with Crippen LogP contribution < -0.4 is 19.3 Å². The first-order chi connectivity index (χ1) is 26.1. The number of esters is 1. The Labute approximate surface area is 308 Å². The van der Waals surface area contributed by atoms with Crippen molar-refractivity contribution in [3.63, 3.8) is 0 Å². The summed E-state index contributed by atoms with van der Waals surface area (Å²) >= 11 is 0. The van der Waals surface area contributed by atoms with Crippen molar-refractivity contribution in [3.05, 3.63) is 140 Å². The molecule has 7 heteroatoms. The van der Waals surface area contributed by atoms with E-state index in [0.717, 1.165) is 128 Å². The largest absolute Gasteiger partial charge is 0.456 e. The Balaban J connectivity index is 1.12. The predicted octanol–water partition coefficient (Wildman–Crippen LogP) is 8.58. The second-order valence-corrected chi connectivity index (χ2v) is 16.2. The molecule has 0 saturated carbocycles. The van der Waals surface area contributed by atoms with Gasteiger partial charge in [-0.25, -0.2) is 4.79 Å². The van der Waals surface area contributed by atoms with Crippen LogP contribution in [-0.2, 0) is 53.0 Å². The second-order valence-electron chi connectivity index (χ2n) is 16.2. The summed E-state index contributed by atoms with van der Waals surface area (Å²) in [6.07, 6.45) is 8.37. The zero-order valence-electron chi connectivity index (χ0n) is 29.6. The Bertz CT molecular complexity index is 2520. The zero-order chi connectivity index (χ0) is 34.6. The summed E-state index contributed by atoms with van der Waals surface area (Å²) in [5, 5.41) is 0. The number of benzene rings is 5. The molecule has 2 atom stereocenters. The third kappa shape index (κ3) is 3.49. The number of anilines is 2. The molecule has 0 radical (unpaired) electrons. The predicted molar refractivity (Wildman–Crippen MR) is 200 cm³/mol. The quantitative estimate of drug-likeness (QED) is 0.150. The molecule has 0 N–H and O–H groups in total. The van der Waals surface area contributed by atoms with Crippen LogP contribution in [0.2, 0.25) is 0 Å². The van der Waals surface area contributed by atoms with Gasteiger partial charge in [-0.3, -0.25) is 0 Å². The van der Waals surface area contributed by atoms with E-state index in [1.54, 1.807) is 0 Å². The molecule has 8 aliphatic heterocycles. The number of hydrogen-bond donors (Lipinski definition) is 0. The van der Waals surface area contributed by atoms with Crippen LogP contribution in [0.1, 0.15) is 97.2 Å². The summed E-state index contributed by atoms with van der Waals surface area (Å²) in [6.45, 7) is 4.80. The molecule has 5 aromatic carbocycles. The lowest BCUT2D eigenvalue weighted by Gasteiger charge is -2.45. The fraction of sp³-hybridized carbons (Fsp3) is 0.326. The molecule has 13 rings (SSSR count). The van der Waals surface area contributed by atoms with Gasteiger partial charge in [-0.1, -0.05) is 42.5 Å². The van der Waals surface area contributed by atoms with E-state index in [-0.39, 0.29) is 5.97 Å². The first kappa shape index (κ1) is 29.2. The average molecular weight is 699 g/mol. The average Bonchev–Trinajstić information content (AvgIpc) is 3.72. The molecule has 53 heavy (non-hydrogen) atoms. The van der Waals surface area contributed by atoms with Gasteiger partial charge in [0, 0.05) is 70.9 Å². The highest BCUT2D eigenvalue weighted by atomic mass is 16.6. The van der Waals surface area contributed by atoms with Gasteiger partial charge in [-0.05, 0) is 104 Å². The highest BCUT2D eigenvalue weighted by molar-refractivity contribution is 5.97. The van der Waals surface area contributed by atoms with E-state index in [0.29, 0.717) is 17.9 Å². The van der Waals surface area contributed by atoms with E-state index in [4.69, 9.17) is 18.9 Å². The Hall–Kier alpha value is -5.27. The number of nitrogens with zero attached hydrogens (tertiary/aromatic N) is 2. The smallest absolute Gasteiger partial charge is 0.340 e. The van der Waals surface area contributed by atoms with Gasteiger partial charge >= 0.3 is 5.97 Å². The maximum atomic E-state index is 14.0. The van der Waals surface area contributed by atoms with E-state index in [2.05, 4.69) is 64.4 Å². The van der Waals surface area contributed by atoms with Gasteiger partial charge in [0.25, 0.3) is 0 Å². The third-order valence-corrected chi connectivity index (χ3v) is 13.6. The van der Waals surface area contributed by atoms with Crippen molar-refractivity contribution in [2.24, 2.45) is 0 Å². The zero-order valence-corrected chi connectivity index (χ0v) is 29.6. The van der Waals surface area contributed by atoms with Crippen LogP contribution in [0.15, 0.2) is 72.8 Å². The lowest BCUT2D eigenvalue weighted by molar-refractivity contribution is 0.0174. The van der Waals surface area contributed by atoms with Crippen molar-refractivity contribution >= 4 is 17.3 Å². The fourth-order valence-electron chi connectivity index (χ4n) is 11.5. The number of fused-ring (bicyclic) bond motifs is 14. The number of ether oxygens (including phenoxy) is 4. The molecular formula is C46H38N2O5. The van der Waals surface area contributed by atoms with Crippen molar-refractivity contribution in [2.45, 2.75) is 69.2 Å². The minimum Gasteiger partial charge on any atom is -0.456 e. The molecule has 0 aliphatic carbocycles. The standard InChI is InChI=1S/C46H38N2O5/c49-44-29-12-2-4-16-33(29)46(53-44)35-24-38-34(23-39(35)52-43-31-14-8-20-48-18-6-11-27(41(31)48)22-37(43)46)45(32-15-3-1-9-28(32)25-50-45)36-21-26-10-5-17-47-19-7-13-30(40(26)47)42(36)51-38/h1-4,9,12,15-16,21-24H,5-8,10-11,13-14,17-20,25H2/t45-,46-/m1/s1. The van der Waals surface area contributed by atoms with Crippen molar-refractivity contribution in [1.82, 2.24) is 0 Å². The van der Waals surface area contributed by atoms with Crippen LogP contribution in [0.5, 0.6) is 23.0 Å². The van der Waals surface area contributed by atoms with Crippen LogP contribution >= 0.6 is 0 Å². The Kier molecular flexibility index (Phi) is 5.53. The molecule has 2 spiro atoms. The molecule has 0 bridgehead atoms. The number of aryl methyl sites for hydroxylation is 2. The summed E-state index contributed by atoms with van der Waals surface area (Å²) in [5.74, 6) is 2.87. The van der Waals surface area contributed by atoms with Crippen molar-refractivity contribution in [1.29, 1.82) is 0 Å². The molecule has 0 unspecified atom stereocenters. The second kappa shape index (κ2) is 10.0. The lowest BCUT2D eigenvalue weighted by atomic mass is 9.71. The summed E-state index contributed by atoms with van der Waals surface area (Å²) in [5.41, 5.74) is 13.5. The first-order valence-electron chi connectivity index (χ1n) is 19.6. The number of rotatable bonds is 0. The van der Waals surface area contributed by atoms with Gasteiger partial charge in [0.05, 0.1) is 17.7 Å². The Morgan fingerprint density at radius 3 is 1.74 bits per heavy atom. The van der Waals surface area contributed by atoms with E-state index in [1.165, 1.54) is 39.2 Å². The van der Waals surface area contributed by atoms with Crippen molar-refractivity contribution < 1.29 is 23.7 Å². The fourth-order valence-corrected chi connectivity index (χ4v) is 11.5. The molecule has 0 aromatic heterocycles. The lowest BCUT2D eigenvalue weighted by Crippen LogP contribution is -2.39. The van der Waals surface area contributed by atoms with Crippen LogP contribution in [0.3, 0.4) is 0 Å². The summed E-state index contributed by atoms with van der Waals surface area (Å²) < 4.78 is 28.5. The van der Waals surface area contributed by atoms with Gasteiger partial charge in [0.15, 0.2) is 11.2 Å². The molecule has 8 aliphatic rings. The monoisotopic (exact) mass is 698 g/mol. The minimum atomic E-state index is -1.18. The number of carbonyl (C=O) groups is 1. The minimum absolute atomic E-state index is 0.308. The van der Waals surface area contributed by atoms with Gasteiger partial charge in [-0.15, -0.1) is 0 Å². The van der Waals surface area contributed by atoms with E-state index < -0.39 is 11.2 Å². The van der Waals surface area contributed by atoms with Crippen molar-refractivity contribution in [2.75, 3.05) is 36.0 Å². The third-order valence-electron chi connectivity index (χ3n) is 13.6. The highest BCUT2D eigenvalue weighted by Gasteiger charge is 2.57. The maximum absolute atomic E-state index is 14.0. The van der Waals surface area contributed by atoms with Gasteiger partial charge in [0.1, 0.15) is 23.0 Å². The number of carbonyl (C=O) groups excluding carboxylic acids is 1. The van der Waals surface area contributed by atoms with Gasteiger partial charge in [0.2, 0.25) is 0 Å². The summed E-state index contributed by atoms with van der Waals surface area (Å²) in [6, 6.07) is 25.5. The molecule has 0 amide bonds. The van der Waals surface area contributed by atoms with Crippen LogP contribution in [0.4, 0.5) is 11.4 Å². The number of hydrogen-bond acceptors (Lipinski definition) is 7. The van der Waals surface area contributed by atoms with Crippen LogP contribution in [0, 0.1) is 0 Å². The van der Waals surface area contributed by atoms with E-state index in [1.807, 2.05) is 18.2 Å². The van der Waals surface area contributed by atoms with Gasteiger partial charge in [-0.2, -0.15) is 0 Å². The van der Waals surface area contributed by atoms with Crippen molar-refractivity contribution in [3.8, 4) is 23.0 Å². The first-order valence-corrected chi connectivity index (χ1v) is 19.6. The van der Waals surface area contributed by atoms with E-state index in [9.17, 15) is 4.79 Å². The SMILES string of the molecule is O=C1O[C@@]2(c3cc4c(cc3Oc3c2cc2c5c3CCCN5CCC2)[C@@]2(OCc3ccccc32)c2cc3c5c(c2O4)CCCN5CCC3)c2ccccc21. The molecule has 262 valence electrons. The molecule has 0 saturated heterocycles. The molecule has 5 aromatic rings.